The van der Waals surface area contributed by atoms with E-state index in [-0.39, 0.29) is 36.6 Å². The maximum absolute atomic E-state index is 11.7. The van der Waals surface area contributed by atoms with Crippen LogP contribution < -0.4 is 4.46 Å². The van der Waals surface area contributed by atoms with Crippen molar-refractivity contribution in [3.8, 4) is 0 Å². The van der Waals surface area contributed by atoms with Gasteiger partial charge >= 0.3 is 287 Å². The van der Waals surface area contributed by atoms with E-state index in [1.165, 1.54) is 48.6 Å². The van der Waals surface area contributed by atoms with Gasteiger partial charge in [0, 0.05) is 0 Å². The fourth-order valence-electron chi connectivity index (χ4n) is 8.15. The molecule has 0 radical (unpaired) electrons. The molecule has 1 spiro atoms. The summed E-state index contributed by atoms with van der Waals surface area (Å²) < 4.78 is 19.6. The van der Waals surface area contributed by atoms with Crippen LogP contribution in [-0.2, 0) is 13.9 Å². The van der Waals surface area contributed by atoms with E-state index in [1.807, 2.05) is 6.08 Å². The molecule has 0 amide bonds. The van der Waals surface area contributed by atoms with Gasteiger partial charge in [0.1, 0.15) is 0 Å². The summed E-state index contributed by atoms with van der Waals surface area (Å²) >= 11 is 6.94. The third kappa shape index (κ3) is 8.58. The van der Waals surface area contributed by atoms with Crippen molar-refractivity contribution in [1.82, 2.24) is 4.90 Å². The summed E-state index contributed by atoms with van der Waals surface area (Å²) in [7, 11) is -1.83. The van der Waals surface area contributed by atoms with Gasteiger partial charge in [0.2, 0.25) is 0 Å². The SMILES string of the molecule is C[C@@H](CC([Se]c1ccccc1)C(O)/C=C(\Cl)CCO[Si](C)(C)C(C)(C)C)[C@H]1CCC[C@]12CCC[C@@H]1CC=C(C3OCCO3)CN12. The van der Waals surface area contributed by atoms with Gasteiger partial charge in [-0.2, -0.15) is 0 Å². The minimum atomic E-state index is -1.83. The number of rotatable bonds is 12. The van der Waals surface area contributed by atoms with Crippen LogP contribution in [0.4, 0.5) is 0 Å². The van der Waals surface area contributed by atoms with Gasteiger partial charge in [0.15, 0.2) is 0 Å². The molecule has 3 fully saturated rings. The van der Waals surface area contributed by atoms with Crippen molar-refractivity contribution >= 4 is 39.3 Å². The molecule has 2 unspecified atom stereocenters. The molecule has 3 heterocycles. The number of hydrogen-bond donors (Lipinski definition) is 1. The van der Waals surface area contributed by atoms with E-state index in [0.29, 0.717) is 44.1 Å². The Morgan fingerprint density at radius 1 is 1.16 bits per heavy atom. The van der Waals surface area contributed by atoms with Crippen LogP contribution in [0.3, 0.4) is 0 Å². The molecular formula is C37H58ClNO4SeSi. The van der Waals surface area contributed by atoms with Gasteiger partial charge in [-0.15, -0.1) is 0 Å². The molecule has 6 atom stereocenters. The zero-order valence-electron chi connectivity index (χ0n) is 28.6. The Morgan fingerprint density at radius 2 is 1.84 bits per heavy atom. The van der Waals surface area contributed by atoms with Crippen molar-refractivity contribution in [3.05, 3.63) is 53.1 Å². The Morgan fingerprint density at radius 3 is 2.53 bits per heavy atom. The number of benzene rings is 1. The number of halogens is 1. The molecule has 5 rings (SSSR count). The van der Waals surface area contributed by atoms with E-state index < -0.39 is 14.4 Å². The zero-order chi connectivity index (χ0) is 32.2. The average molecular weight is 723 g/mol. The van der Waals surface area contributed by atoms with Gasteiger partial charge in [0.25, 0.3) is 0 Å². The van der Waals surface area contributed by atoms with Crippen LogP contribution in [0.5, 0.6) is 0 Å². The van der Waals surface area contributed by atoms with E-state index in [1.54, 1.807) is 0 Å². The van der Waals surface area contributed by atoms with E-state index in [4.69, 9.17) is 25.5 Å². The Bertz CT molecular complexity index is 1170. The summed E-state index contributed by atoms with van der Waals surface area (Å²) in [5, 5.41) is 12.6. The van der Waals surface area contributed by atoms with E-state index >= 15 is 0 Å². The van der Waals surface area contributed by atoms with Gasteiger partial charge in [0.05, 0.1) is 0 Å². The summed E-state index contributed by atoms with van der Waals surface area (Å²) in [6.07, 6.45) is 14.2. The number of aliphatic hydroxyl groups is 1. The standard InChI is InChI=1S/C37H58ClNO4SeSi/c1-27(32-15-11-20-37(32)19-10-12-30-17-16-28(26-39(30)37)35-41-22-23-42-35)24-34(44-31-13-8-7-9-14-31)33(40)25-29(38)18-21-43-45(5,6)36(2,3)4/h7-9,13-14,16,25,27,30,32-35,40H,10-12,15,17-24,26H2,1-6H3/b29-25-/t27-,30+,32+,33?,34?,37+/m0/s1. The fraction of sp³-hybridized carbons (Fsp3) is 0.730. The van der Waals surface area contributed by atoms with Crippen molar-refractivity contribution in [2.24, 2.45) is 11.8 Å². The molecule has 1 N–H and O–H groups in total. The third-order valence-electron chi connectivity index (χ3n) is 11.6. The molecule has 5 nitrogen and oxygen atoms in total. The summed E-state index contributed by atoms with van der Waals surface area (Å²) in [5.41, 5.74) is 1.57. The first-order valence-electron chi connectivity index (χ1n) is 17.5. The minimum absolute atomic E-state index is 0.138. The van der Waals surface area contributed by atoms with Crippen LogP contribution in [0, 0.1) is 11.8 Å². The summed E-state index contributed by atoms with van der Waals surface area (Å²) in [5.74, 6) is 1.14. The third-order valence-corrected chi connectivity index (χ3v) is 19.2. The monoisotopic (exact) mass is 723 g/mol. The Hall–Kier alpha value is -0.474. The molecule has 0 aromatic heterocycles. The normalized spacial score (nSPS) is 29.1. The van der Waals surface area contributed by atoms with Gasteiger partial charge in [-0.3, -0.25) is 0 Å². The Labute approximate surface area is 285 Å². The molecule has 1 aliphatic carbocycles. The topological polar surface area (TPSA) is 51.2 Å². The van der Waals surface area contributed by atoms with E-state index in [2.05, 4.69) is 82.1 Å². The molecule has 45 heavy (non-hydrogen) atoms. The van der Waals surface area contributed by atoms with Gasteiger partial charge < -0.3 is 0 Å². The average Bonchev–Trinajstić information content (AvgIpc) is 3.68. The van der Waals surface area contributed by atoms with Crippen LogP contribution in [0.1, 0.15) is 85.5 Å². The predicted octanol–water partition coefficient (Wildman–Crippen LogP) is 7.82. The molecule has 1 aromatic rings. The molecule has 3 aliphatic heterocycles. The van der Waals surface area contributed by atoms with Crippen molar-refractivity contribution in [3.63, 3.8) is 0 Å². The first-order chi connectivity index (χ1) is 21.4. The van der Waals surface area contributed by atoms with Crippen LogP contribution in [0.2, 0.25) is 22.9 Å². The number of hydrogen-bond acceptors (Lipinski definition) is 5. The number of nitrogens with zero attached hydrogens (tertiary/aromatic N) is 1. The van der Waals surface area contributed by atoms with E-state index in [0.717, 1.165) is 24.4 Å². The molecule has 252 valence electrons. The molecular weight excluding hydrogens is 665 g/mol. The number of aliphatic hydroxyl groups excluding tert-OH is 1. The molecule has 1 aromatic carbocycles. The summed E-state index contributed by atoms with van der Waals surface area (Å²) in [6.45, 7) is 16.8. The maximum atomic E-state index is 11.7. The number of piperidine rings is 1. The fourth-order valence-corrected chi connectivity index (χ4v) is 12.1. The second-order valence-electron chi connectivity index (χ2n) is 15.5. The summed E-state index contributed by atoms with van der Waals surface area (Å²) in [6, 6.07) is 11.4. The molecule has 8 heteroatoms. The van der Waals surface area contributed by atoms with Crippen molar-refractivity contribution in [1.29, 1.82) is 0 Å². The van der Waals surface area contributed by atoms with Crippen molar-refractivity contribution < 1.29 is 19.0 Å². The number of ether oxygens (including phenoxy) is 2. The second-order valence-corrected chi connectivity index (χ2v) is 23.6. The van der Waals surface area contributed by atoms with Crippen molar-refractivity contribution in [2.75, 3.05) is 26.4 Å². The van der Waals surface area contributed by atoms with Crippen molar-refractivity contribution in [2.45, 2.75) is 132 Å². The second kappa shape index (κ2) is 15.4. The predicted molar refractivity (Wildman–Crippen MR) is 190 cm³/mol. The molecule has 0 bridgehead atoms. The van der Waals surface area contributed by atoms with E-state index in [9.17, 15) is 5.11 Å². The van der Waals surface area contributed by atoms with Gasteiger partial charge in [-0.05, 0) is 0 Å². The summed E-state index contributed by atoms with van der Waals surface area (Å²) in [4.78, 5) is 3.07. The quantitative estimate of drug-likeness (QED) is 0.176. The Kier molecular flexibility index (Phi) is 12.2. The first kappa shape index (κ1) is 35.8. The molecule has 1 saturated carbocycles. The van der Waals surface area contributed by atoms with Gasteiger partial charge in [-0.25, -0.2) is 0 Å². The Balaban J connectivity index is 1.30. The number of fused-ring (bicyclic) bond motifs is 2. The van der Waals surface area contributed by atoms with Crippen LogP contribution in [-0.4, -0.2) is 83.6 Å². The van der Waals surface area contributed by atoms with Gasteiger partial charge in [-0.1, -0.05) is 0 Å². The molecule has 4 aliphatic rings. The van der Waals surface area contributed by atoms with Crippen LogP contribution >= 0.6 is 11.6 Å². The zero-order valence-corrected chi connectivity index (χ0v) is 32.1. The van der Waals surface area contributed by atoms with Crippen LogP contribution in [0.15, 0.2) is 53.1 Å². The van der Waals surface area contributed by atoms with Crippen LogP contribution in [0.25, 0.3) is 0 Å². The first-order valence-corrected chi connectivity index (χ1v) is 22.6. The molecule has 2 saturated heterocycles.